The van der Waals surface area contributed by atoms with Gasteiger partial charge in [0.15, 0.2) is 0 Å². The van der Waals surface area contributed by atoms with Crippen LogP contribution in [0.4, 0.5) is 0 Å². The van der Waals surface area contributed by atoms with Crippen molar-refractivity contribution >= 4 is 0 Å². The third kappa shape index (κ3) is 1.61. The SMILES string of the molecule is CC[C@H](N)C1Cc2ccccc2C1. The van der Waals surface area contributed by atoms with Gasteiger partial charge in [-0.15, -0.1) is 0 Å². The zero-order valence-corrected chi connectivity index (χ0v) is 8.16. The van der Waals surface area contributed by atoms with Gasteiger partial charge < -0.3 is 5.73 Å². The molecule has 1 aliphatic carbocycles. The minimum Gasteiger partial charge on any atom is -0.327 e. The molecule has 0 radical (unpaired) electrons. The number of fused-ring (bicyclic) bond motifs is 1. The van der Waals surface area contributed by atoms with E-state index in [4.69, 9.17) is 5.73 Å². The number of rotatable bonds is 2. The van der Waals surface area contributed by atoms with Crippen molar-refractivity contribution in [2.75, 3.05) is 0 Å². The lowest BCUT2D eigenvalue weighted by Gasteiger charge is -2.16. The van der Waals surface area contributed by atoms with Crippen molar-refractivity contribution in [1.82, 2.24) is 0 Å². The Morgan fingerprint density at radius 1 is 1.31 bits per heavy atom. The van der Waals surface area contributed by atoms with Crippen molar-refractivity contribution in [2.24, 2.45) is 11.7 Å². The maximum absolute atomic E-state index is 6.06. The van der Waals surface area contributed by atoms with Crippen molar-refractivity contribution in [3.8, 4) is 0 Å². The van der Waals surface area contributed by atoms with Crippen molar-refractivity contribution in [3.05, 3.63) is 35.4 Å². The van der Waals surface area contributed by atoms with Crippen molar-refractivity contribution in [1.29, 1.82) is 0 Å². The Morgan fingerprint density at radius 2 is 1.85 bits per heavy atom. The summed E-state index contributed by atoms with van der Waals surface area (Å²) >= 11 is 0. The van der Waals surface area contributed by atoms with Crippen LogP contribution in [0.2, 0.25) is 0 Å². The third-order valence-electron chi connectivity index (χ3n) is 3.16. The van der Waals surface area contributed by atoms with Gasteiger partial charge in [0.2, 0.25) is 0 Å². The van der Waals surface area contributed by atoms with Gasteiger partial charge in [-0.1, -0.05) is 31.2 Å². The van der Waals surface area contributed by atoms with Gasteiger partial charge in [-0.25, -0.2) is 0 Å². The van der Waals surface area contributed by atoms with E-state index in [9.17, 15) is 0 Å². The van der Waals surface area contributed by atoms with Crippen LogP contribution >= 0.6 is 0 Å². The lowest BCUT2D eigenvalue weighted by molar-refractivity contribution is 0.429. The van der Waals surface area contributed by atoms with Crippen LogP contribution in [0.15, 0.2) is 24.3 Å². The molecule has 0 saturated heterocycles. The van der Waals surface area contributed by atoms with Crippen LogP contribution < -0.4 is 5.73 Å². The molecule has 0 unspecified atom stereocenters. The third-order valence-corrected chi connectivity index (χ3v) is 3.16. The standard InChI is InChI=1S/C12H17N/c1-2-12(13)11-7-9-5-3-4-6-10(9)8-11/h3-6,11-12H,2,7-8,13H2,1H3/t12-/m0/s1. The van der Waals surface area contributed by atoms with E-state index < -0.39 is 0 Å². The Morgan fingerprint density at radius 3 is 2.31 bits per heavy atom. The number of hydrogen-bond donors (Lipinski definition) is 1. The lowest BCUT2D eigenvalue weighted by atomic mass is 9.95. The quantitative estimate of drug-likeness (QED) is 0.732. The van der Waals surface area contributed by atoms with Gasteiger partial charge in [-0.05, 0) is 36.3 Å². The van der Waals surface area contributed by atoms with Gasteiger partial charge in [-0.3, -0.25) is 0 Å². The molecule has 0 amide bonds. The van der Waals surface area contributed by atoms with E-state index in [1.807, 2.05) is 0 Å². The number of nitrogens with two attached hydrogens (primary N) is 1. The summed E-state index contributed by atoms with van der Waals surface area (Å²) < 4.78 is 0. The zero-order chi connectivity index (χ0) is 9.26. The first-order chi connectivity index (χ1) is 6.31. The molecule has 1 aromatic carbocycles. The summed E-state index contributed by atoms with van der Waals surface area (Å²) in [6, 6.07) is 9.10. The largest absolute Gasteiger partial charge is 0.327 e. The Balaban J connectivity index is 2.14. The Bertz CT molecular complexity index is 268. The Kier molecular flexibility index (Phi) is 2.36. The average molecular weight is 175 g/mol. The second kappa shape index (κ2) is 3.51. The first-order valence-electron chi connectivity index (χ1n) is 5.13. The highest BCUT2D eigenvalue weighted by atomic mass is 14.6. The average Bonchev–Trinajstić information content (AvgIpc) is 2.59. The fourth-order valence-corrected chi connectivity index (χ4v) is 2.23. The summed E-state index contributed by atoms with van der Waals surface area (Å²) in [7, 11) is 0. The molecule has 2 N–H and O–H groups in total. The molecule has 0 aromatic heterocycles. The van der Waals surface area contributed by atoms with Crippen molar-refractivity contribution in [2.45, 2.75) is 32.2 Å². The maximum atomic E-state index is 6.06. The minimum atomic E-state index is 0.382. The van der Waals surface area contributed by atoms with E-state index in [-0.39, 0.29) is 0 Å². The molecule has 13 heavy (non-hydrogen) atoms. The summed E-state index contributed by atoms with van der Waals surface area (Å²) in [5.74, 6) is 0.683. The second-order valence-corrected chi connectivity index (χ2v) is 4.01. The summed E-state index contributed by atoms with van der Waals surface area (Å²) in [5.41, 5.74) is 9.08. The molecule has 0 heterocycles. The lowest BCUT2D eigenvalue weighted by Crippen LogP contribution is -2.29. The van der Waals surface area contributed by atoms with E-state index in [0.717, 1.165) is 6.42 Å². The van der Waals surface area contributed by atoms with Gasteiger partial charge in [0, 0.05) is 6.04 Å². The maximum Gasteiger partial charge on any atom is 0.00708 e. The van der Waals surface area contributed by atoms with Crippen molar-refractivity contribution < 1.29 is 0 Å². The molecule has 1 atom stereocenters. The minimum absolute atomic E-state index is 0.382. The van der Waals surface area contributed by atoms with Gasteiger partial charge >= 0.3 is 0 Å². The molecule has 1 heteroatoms. The first kappa shape index (κ1) is 8.76. The molecular formula is C12H17N. The zero-order valence-electron chi connectivity index (χ0n) is 8.16. The molecule has 0 fully saturated rings. The fourth-order valence-electron chi connectivity index (χ4n) is 2.23. The monoisotopic (exact) mass is 175 g/mol. The topological polar surface area (TPSA) is 26.0 Å². The molecule has 1 nitrogen and oxygen atoms in total. The van der Waals surface area contributed by atoms with E-state index >= 15 is 0 Å². The van der Waals surface area contributed by atoms with Gasteiger partial charge in [-0.2, -0.15) is 0 Å². The van der Waals surface area contributed by atoms with E-state index in [2.05, 4.69) is 31.2 Å². The molecular weight excluding hydrogens is 158 g/mol. The Labute approximate surface area is 80.0 Å². The number of benzene rings is 1. The predicted molar refractivity (Wildman–Crippen MR) is 55.6 cm³/mol. The highest BCUT2D eigenvalue weighted by molar-refractivity contribution is 5.32. The predicted octanol–water partition coefficient (Wildman–Crippen LogP) is 2.14. The Hall–Kier alpha value is -0.820. The number of hydrogen-bond acceptors (Lipinski definition) is 1. The summed E-state index contributed by atoms with van der Waals surface area (Å²) in [5, 5.41) is 0. The van der Waals surface area contributed by atoms with Crippen LogP contribution in [0.3, 0.4) is 0 Å². The molecule has 0 spiro atoms. The van der Waals surface area contributed by atoms with Crippen molar-refractivity contribution in [3.63, 3.8) is 0 Å². The van der Waals surface area contributed by atoms with Crippen LogP contribution in [-0.4, -0.2) is 6.04 Å². The van der Waals surface area contributed by atoms with Gasteiger partial charge in [0.1, 0.15) is 0 Å². The highest BCUT2D eigenvalue weighted by Crippen LogP contribution is 2.28. The molecule has 1 aliphatic rings. The van der Waals surface area contributed by atoms with Gasteiger partial charge in [0.05, 0.1) is 0 Å². The molecule has 0 bridgehead atoms. The van der Waals surface area contributed by atoms with E-state index in [1.54, 1.807) is 0 Å². The van der Waals surface area contributed by atoms with Crippen LogP contribution in [0.25, 0.3) is 0 Å². The van der Waals surface area contributed by atoms with Crippen LogP contribution in [0.1, 0.15) is 24.5 Å². The van der Waals surface area contributed by atoms with E-state index in [0.29, 0.717) is 12.0 Å². The smallest absolute Gasteiger partial charge is 0.00708 e. The van der Waals surface area contributed by atoms with Crippen LogP contribution in [-0.2, 0) is 12.8 Å². The normalized spacial score (nSPS) is 18.6. The van der Waals surface area contributed by atoms with Crippen LogP contribution in [0, 0.1) is 5.92 Å². The molecule has 1 aromatic rings. The highest BCUT2D eigenvalue weighted by Gasteiger charge is 2.24. The molecule has 0 aliphatic heterocycles. The fraction of sp³-hybridized carbons (Fsp3) is 0.500. The summed E-state index contributed by atoms with van der Waals surface area (Å²) in [6.07, 6.45) is 3.47. The molecule has 2 rings (SSSR count). The van der Waals surface area contributed by atoms with Crippen LogP contribution in [0.5, 0.6) is 0 Å². The van der Waals surface area contributed by atoms with E-state index in [1.165, 1.54) is 24.0 Å². The first-order valence-corrected chi connectivity index (χ1v) is 5.13. The summed E-state index contributed by atoms with van der Waals surface area (Å²) in [6.45, 7) is 2.17. The molecule has 70 valence electrons. The second-order valence-electron chi connectivity index (χ2n) is 4.01. The summed E-state index contributed by atoms with van der Waals surface area (Å²) in [4.78, 5) is 0. The molecule has 0 saturated carbocycles. The van der Waals surface area contributed by atoms with Gasteiger partial charge in [0.25, 0.3) is 0 Å².